The summed E-state index contributed by atoms with van der Waals surface area (Å²) in [6.07, 6.45) is 3.61. The minimum absolute atomic E-state index is 0.127. The number of nitrogens with zero attached hydrogens (tertiary/aromatic N) is 1. The van der Waals surface area contributed by atoms with Gasteiger partial charge >= 0.3 is 0 Å². The molecule has 1 aliphatic rings. The number of carbonyl (C=O) groups excluding carboxylic acids is 1. The second-order valence-electron chi connectivity index (χ2n) is 6.74. The van der Waals surface area contributed by atoms with Crippen LogP contribution in [0.2, 0.25) is 5.02 Å². The van der Waals surface area contributed by atoms with Gasteiger partial charge in [-0.2, -0.15) is 0 Å². The summed E-state index contributed by atoms with van der Waals surface area (Å²) in [5.41, 5.74) is 1.17. The molecule has 0 aromatic heterocycles. The van der Waals surface area contributed by atoms with E-state index in [9.17, 15) is 4.79 Å². The van der Waals surface area contributed by atoms with Crippen molar-refractivity contribution >= 4 is 17.5 Å². The molecule has 1 aromatic rings. The fourth-order valence-corrected chi connectivity index (χ4v) is 3.37. The van der Waals surface area contributed by atoms with Crippen LogP contribution in [0.1, 0.15) is 38.7 Å². The van der Waals surface area contributed by atoms with Crippen molar-refractivity contribution in [1.82, 2.24) is 10.2 Å². The first-order chi connectivity index (χ1) is 10.5. The Morgan fingerprint density at radius 2 is 1.95 bits per heavy atom. The average Bonchev–Trinajstić information content (AvgIpc) is 2.46. The monoisotopic (exact) mass is 322 g/mol. The normalized spacial score (nSPS) is 25.2. The lowest BCUT2D eigenvalue weighted by molar-refractivity contribution is -0.123. The number of halogens is 1. The predicted molar refractivity (Wildman–Crippen MR) is 91.9 cm³/mol. The standard InChI is InChI=1S/C18H27ClN2O/c1-13-5-4-6-17(14(13)2)20-18(22)12-21(3)11-15-7-9-16(19)10-8-15/h7-10,13-14,17H,4-6,11-12H2,1-3H3,(H,20,22)/t13-,14+,17+/m0/s1. The predicted octanol–water partition coefficient (Wildman–Crippen LogP) is 3.71. The number of benzene rings is 1. The first-order valence-corrected chi connectivity index (χ1v) is 8.56. The van der Waals surface area contributed by atoms with Gasteiger partial charge in [0, 0.05) is 17.6 Å². The Hall–Kier alpha value is -1.06. The van der Waals surface area contributed by atoms with Gasteiger partial charge in [-0.1, -0.05) is 50.4 Å². The number of rotatable bonds is 5. The molecule has 4 heteroatoms. The maximum absolute atomic E-state index is 12.2. The molecule has 1 aliphatic carbocycles. The summed E-state index contributed by atoms with van der Waals surface area (Å²) >= 11 is 5.89. The maximum Gasteiger partial charge on any atom is 0.234 e. The summed E-state index contributed by atoms with van der Waals surface area (Å²) in [6.45, 7) is 5.73. The van der Waals surface area contributed by atoms with E-state index in [-0.39, 0.29) is 5.91 Å². The zero-order valence-corrected chi connectivity index (χ0v) is 14.6. The Bertz CT molecular complexity index is 488. The van der Waals surface area contributed by atoms with Crippen molar-refractivity contribution in [2.24, 2.45) is 11.8 Å². The van der Waals surface area contributed by atoms with Gasteiger partial charge in [-0.05, 0) is 43.0 Å². The second kappa shape index (κ2) is 7.98. The van der Waals surface area contributed by atoms with E-state index >= 15 is 0 Å². The van der Waals surface area contributed by atoms with E-state index in [4.69, 9.17) is 11.6 Å². The molecule has 0 saturated heterocycles. The molecule has 22 heavy (non-hydrogen) atoms. The van der Waals surface area contributed by atoms with E-state index in [0.29, 0.717) is 24.4 Å². The van der Waals surface area contributed by atoms with Crippen molar-refractivity contribution in [1.29, 1.82) is 0 Å². The molecule has 1 amide bonds. The molecular weight excluding hydrogens is 296 g/mol. The lowest BCUT2D eigenvalue weighted by atomic mass is 9.78. The summed E-state index contributed by atoms with van der Waals surface area (Å²) < 4.78 is 0. The van der Waals surface area contributed by atoms with Crippen molar-refractivity contribution < 1.29 is 4.79 Å². The van der Waals surface area contributed by atoms with Crippen molar-refractivity contribution in [2.45, 2.75) is 45.7 Å². The zero-order chi connectivity index (χ0) is 16.1. The van der Waals surface area contributed by atoms with Gasteiger partial charge in [0.1, 0.15) is 0 Å². The van der Waals surface area contributed by atoms with Crippen LogP contribution >= 0.6 is 11.6 Å². The van der Waals surface area contributed by atoms with E-state index in [0.717, 1.165) is 18.0 Å². The molecule has 3 nitrogen and oxygen atoms in total. The zero-order valence-electron chi connectivity index (χ0n) is 13.8. The molecule has 1 aromatic carbocycles. The van der Waals surface area contributed by atoms with Gasteiger partial charge in [0.15, 0.2) is 0 Å². The molecule has 0 spiro atoms. The molecule has 0 radical (unpaired) electrons. The topological polar surface area (TPSA) is 32.3 Å². The molecule has 0 unspecified atom stereocenters. The second-order valence-corrected chi connectivity index (χ2v) is 7.18. The van der Waals surface area contributed by atoms with Crippen LogP contribution in [0.3, 0.4) is 0 Å². The smallest absolute Gasteiger partial charge is 0.234 e. The molecule has 1 saturated carbocycles. The van der Waals surface area contributed by atoms with Crippen molar-refractivity contribution in [3.8, 4) is 0 Å². The molecule has 0 heterocycles. The molecule has 0 aliphatic heterocycles. The Kier molecular flexibility index (Phi) is 6.27. The maximum atomic E-state index is 12.2. The fourth-order valence-electron chi connectivity index (χ4n) is 3.24. The van der Waals surface area contributed by atoms with Crippen LogP contribution in [0.25, 0.3) is 0 Å². The Balaban J connectivity index is 1.79. The Labute approximate surface area is 139 Å². The van der Waals surface area contributed by atoms with E-state index in [1.165, 1.54) is 18.4 Å². The van der Waals surface area contributed by atoms with Crippen LogP contribution in [0.5, 0.6) is 0 Å². The summed E-state index contributed by atoms with van der Waals surface area (Å²) in [6, 6.07) is 8.11. The van der Waals surface area contributed by atoms with Crippen LogP contribution in [-0.4, -0.2) is 30.4 Å². The highest BCUT2D eigenvalue weighted by Crippen LogP contribution is 2.29. The lowest BCUT2D eigenvalue weighted by Crippen LogP contribution is -2.46. The highest BCUT2D eigenvalue weighted by molar-refractivity contribution is 6.30. The molecule has 1 N–H and O–H groups in total. The molecule has 3 atom stereocenters. The van der Waals surface area contributed by atoms with E-state index in [1.807, 2.05) is 36.2 Å². The van der Waals surface area contributed by atoms with Crippen molar-refractivity contribution in [3.63, 3.8) is 0 Å². The van der Waals surface area contributed by atoms with E-state index in [1.54, 1.807) is 0 Å². The van der Waals surface area contributed by atoms with Crippen LogP contribution in [0, 0.1) is 11.8 Å². The first-order valence-electron chi connectivity index (χ1n) is 8.18. The number of likely N-dealkylation sites (N-methyl/N-ethyl adjacent to an activating group) is 1. The third kappa shape index (κ3) is 4.99. The molecule has 2 rings (SSSR count). The highest BCUT2D eigenvalue weighted by atomic mass is 35.5. The van der Waals surface area contributed by atoms with Crippen LogP contribution in [0.15, 0.2) is 24.3 Å². The molecule has 0 bridgehead atoms. The Morgan fingerprint density at radius 3 is 2.64 bits per heavy atom. The van der Waals surface area contributed by atoms with Crippen LogP contribution in [-0.2, 0) is 11.3 Å². The summed E-state index contributed by atoms with van der Waals surface area (Å²) in [7, 11) is 1.97. The van der Waals surface area contributed by atoms with E-state index < -0.39 is 0 Å². The Morgan fingerprint density at radius 1 is 1.27 bits per heavy atom. The highest BCUT2D eigenvalue weighted by Gasteiger charge is 2.28. The quantitative estimate of drug-likeness (QED) is 0.896. The number of hydrogen-bond donors (Lipinski definition) is 1. The number of nitrogens with one attached hydrogen (secondary N) is 1. The molecular formula is C18H27ClN2O. The van der Waals surface area contributed by atoms with E-state index in [2.05, 4.69) is 19.2 Å². The van der Waals surface area contributed by atoms with Crippen LogP contribution in [0.4, 0.5) is 0 Å². The number of hydrogen-bond acceptors (Lipinski definition) is 2. The minimum Gasteiger partial charge on any atom is -0.352 e. The SMILES string of the molecule is C[C@@H]1[C@@H](C)CCC[C@H]1NC(=O)CN(C)Cc1ccc(Cl)cc1. The summed E-state index contributed by atoms with van der Waals surface area (Å²) in [5, 5.41) is 3.96. The van der Waals surface area contributed by atoms with Gasteiger partial charge < -0.3 is 5.32 Å². The van der Waals surface area contributed by atoms with Gasteiger partial charge in [-0.3, -0.25) is 9.69 Å². The fraction of sp³-hybridized carbons (Fsp3) is 0.611. The summed E-state index contributed by atoms with van der Waals surface area (Å²) in [4.78, 5) is 14.3. The number of amides is 1. The number of carbonyl (C=O) groups is 1. The lowest BCUT2D eigenvalue weighted by Gasteiger charge is -2.35. The molecule has 1 fully saturated rings. The molecule has 122 valence electrons. The van der Waals surface area contributed by atoms with Crippen molar-refractivity contribution in [2.75, 3.05) is 13.6 Å². The van der Waals surface area contributed by atoms with Gasteiger partial charge in [0.25, 0.3) is 0 Å². The third-order valence-electron chi connectivity index (χ3n) is 4.83. The average molecular weight is 323 g/mol. The largest absolute Gasteiger partial charge is 0.352 e. The van der Waals surface area contributed by atoms with Crippen LogP contribution < -0.4 is 5.32 Å². The summed E-state index contributed by atoms with van der Waals surface area (Å²) in [5.74, 6) is 1.40. The van der Waals surface area contributed by atoms with Gasteiger partial charge in [0.2, 0.25) is 5.91 Å². The minimum atomic E-state index is 0.127. The first kappa shape index (κ1) is 17.3. The van der Waals surface area contributed by atoms with Gasteiger partial charge in [-0.25, -0.2) is 0 Å². The van der Waals surface area contributed by atoms with Gasteiger partial charge in [-0.15, -0.1) is 0 Å². The van der Waals surface area contributed by atoms with Crippen molar-refractivity contribution in [3.05, 3.63) is 34.9 Å². The van der Waals surface area contributed by atoms with Gasteiger partial charge in [0.05, 0.1) is 6.54 Å². The third-order valence-corrected chi connectivity index (χ3v) is 5.08.